The molecule has 1 heterocycles. The summed E-state index contributed by atoms with van der Waals surface area (Å²) in [7, 11) is 1.79. The topological polar surface area (TPSA) is 112 Å². The Kier molecular flexibility index (Phi) is 6.68. The van der Waals surface area contributed by atoms with Crippen molar-refractivity contribution in [2.24, 2.45) is 7.05 Å². The molecule has 156 valence electrons. The van der Waals surface area contributed by atoms with E-state index in [1.807, 2.05) is 26.0 Å². The van der Waals surface area contributed by atoms with Gasteiger partial charge in [-0.15, -0.1) is 10.2 Å². The van der Waals surface area contributed by atoms with Gasteiger partial charge in [-0.1, -0.05) is 30.0 Å². The van der Waals surface area contributed by atoms with Gasteiger partial charge in [0.1, 0.15) is 18.0 Å². The third kappa shape index (κ3) is 5.35. The standard InChI is InChI=1S/C20H21N5O4S/c1-13-8-14(2)10-15(9-13)29-11-18-22-23-20(24(18)3)30-12-19(26)21-16-6-4-5-7-17(16)25(27)28/h4-10H,11-12H2,1-3H3,(H,21,26). The highest BCUT2D eigenvalue weighted by molar-refractivity contribution is 7.99. The van der Waals surface area contributed by atoms with E-state index in [9.17, 15) is 14.9 Å². The number of amides is 1. The zero-order valence-corrected chi connectivity index (χ0v) is 17.6. The van der Waals surface area contributed by atoms with Crippen LogP contribution in [0.15, 0.2) is 47.6 Å². The molecule has 1 N–H and O–H groups in total. The van der Waals surface area contributed by atoms with Gasteiger partial charge in [0.2, 0.25) is 5.91 Å². The number of carbonyl (C=O) groups excluding carboxylic acids is 1. The molecule has 2 aromatic carbocycles. The van der Waals surface area contributed by atoms with Crippen LogP contribution >= 0.6 is 11.8 Å². The Balaban J connectivity index is 1.57. The molecule has 10 heteroatoms. The number of nitrogens with one attached hydrogen (secondary N) is 1. The molecule has 3 rings (SSSR count). The van der Waals surface area contributed by atoms with Gasteiger partial charge in [0, 0.05) is 13.1 Å². The summed E-state index contributed by atoms with van der Waals surface area (Å²) in [6, 6.07) is 12.0. The molecule has 3 aromatic rings. The zero-order chi connectivity index (χ0) is 21.7. The maximum absolute atomic E-state index is 12.2. The molecule has 0 radical (unpaired) electrons. The number of hydrogen-bond donors (Lipinski definition) is 1. The minimum Gasteiger partial charge on any atom is -0.486 e. The third-order valence-electron chi connectivity index (χ3n) is 4.20. The monoisotopic (exact) mass is 427 g/mol. The Morgan fingerprint density at radius 2 is 1.90 bits per heavy atom. The second-order valence-electron chi connectivity index (χ2n) is 6.68. The van der Waals surface area contributed by atoms with Crippen LogP contribution in [0.5, 0.6) is 5.75 Å². The van der Waals surface area contributed by atoms with E-state index in [-0.39, 0.29) is 29.6 Å². The number of ether oxygens (including phenoxy) is 1. The molecule has 0 saturated heterocycles. The van der Waals surface area contributed by atoms with Gasteiger partial charge in [0.15, 0.2) is 11.0 Å². The lowest BCUT2D eigenvalue weighted by molar-refractivity contribution is -0.383. The molecule has 30 heavy (non-hydrogen) atoms. The van der Waals surface area contributed by atoms with Gasteiger partial charge in [-0.25, -0.2) is 0 Å². The lowest BCUT2D eigenvalue weighted by Crippen LogP contribution is -2.15. The first-order valence-electron chi connectivity index (χ1n) is 9.09. The highest BCUT2D eigenvalue weighted by Crippen LogP contribution is 2.24. The summed E-state index contributed by atoms with van der Waals surface area (Å²) in [5.74, 6) is 1.05. The molecule has 0 aliphatic rings. The Hall–Kier alpha value is -3.40. The van der Waals surface area contributed by atoms with Crippen molar-refractivity contribution in [2.45, 2.75) is 25.6 Å². The second-order valence-corrected chi connectivity index (χ2v) is 7.62. The van der Waals surface area contributed by atoms with E-state index in [0.717, 1.165) is 16.9 Å². The SMILES string of the molecule is Cc1cc(C)cc(OCc2nnc(SCC(=O)Nc3ccccc3[N+](=O)[O-])n2C)c1. The molecule has 0 atom stereocenters. The number of carbonyl (C=O) groups is 1. The Bertz CT molecular complexity index is 1060. The number of hydrogen-bond acceptors (Lipinski definition) is 7. The van der Waals surface area contributed by atoms with Gasteiger partial charge in [-0.3, -0.25) is 14.9 Å². The van der Waals surface area contributed by atoms with Crippen molar-refractivity contribution in [2.75, 3.05) is 11.1 Å². The lowest BCUT2D eigenvalue weighted by atomic mass is 10.1. The van der Waals surface area contributed by atoms with E-state index in [1.54, 1.807) is 23.7 Å². The van der Waals surface area contributed by atoms with E-state index in [4.69, 9.17) is 4.74 Å². The number of aromatic nitrogens is 3. The molecule has 0 aliphatic carbocycles. The predicted molar refractivity (Wildman–Crippen MR) is 114 cm³/mol. The molecular weight excluding hydrogens is 406 g/mol. The van der Waals surface area contributed by atoms with E-state index >= 15 is 0 Å². The summed E-state index contributed by atoms with van der Waals surface area (Å²) in [5.41, 5.74) is 2.24. The van der Waals surface area contributed by atoms with Crippen LogP contribution in [0.25, 0.3) is 0 Å². The first-order chi connectivity index (χ1) is 14.3. The van der Waals surface area contributed by atoms with Crippen LogP contribution in [0.4, 0.5) is 11.4 Å². The molecular formula is C20H21N5O4S. The fourth-order valence-corrected chi connectivity index (χ4v) is 3.55. The maximum Gasteiger partial charge on any atom is 0.292 e. The number of rotatable bonds is 8. The molecule has 0 unspecified atom stereocenters. The van der Waals surface area contributed by atoms with E-state index in [0.29, 0.717) is 11.0 Å². The normalized spacial score (nSPS) is 10.6. The van der Waals surface area contributed by atoms with Crippen molar-refractivity contribution in [1.29, 1.82) is 0 Å². The van der Waals surface area contributed by atoms with E-state index in [1.165, 1.54) is 23.9 Å². The minimum atomic E-state index is -0.534. The van der Waals surface area contributed by atoms with Gasteiger partial charge in [-0.05, 0) is 43.2 Å². The quantitative estimate of drug-likeness (QED) is 0.332. The van der Waals surface area contributed by atoms with Gasteiger partial charge in [0.25, 0.3) is 5.69 Å². The van der Waals surface area contributed by atoms with Gasteiger partial charge >= 0.3 is 0 Å². The number of nitro groups is 1. The molecule has 1 amide bonds. The third-order valence-corrected chi connectivity index (χ3v) is 5.22. The molecule has 0 bridgehead atoms. The van der Waals surface area contributed by atoms with Gasteiger partial charge in [0.05, 0.1) is 10.7 Å². The minimum absolute atomic E-state index is 0.0377. The van der Waals surface area contributed by atoms with E-state index < -0.39 is 4.92 Å². The predicted octanol–water partition coefficient (Wildman–Crippen LogP) is 3.65. The second kappa shape index (κ2) is 9.40. The van der Waals surface area contributed by atoms with Crippen LogP contribution < -0.4 is 10.1 Å². The number of benzene rings is 2. The van der Waals surface area contributed by atoms with Crippen LogP contribution in [-0.2, 0) is 18.4 Å². The summed E-state index contributed by atoms with van der Waals surface area (Å²) in [4.78, 5) is 22.7. The fraction of sp³-hybridized carbons (Fsp3) is 0.250. The van der Waals surface area contributed by atoms with Crippen LogP contribution in [0.1, 0.15) is 17.0 Å². The molecule has 0 fully saturated rings. The van der Waals surface area contributed by atoms with Crippen molar-refractivity contribution < 1.29 is 14.5 Å². The van der Waals surface area contributed by atoms with Gasteiger partial charge in [-0.2, -0.15) is 0 Å². The zero-order valence-electron chi connectivity index (χ0n) is 16.8. The van der Waals surface area contributed by atoms with Gasteiger partial charge < -0.3 is 14.6 Å². The van der Waals surface area contributed by atoms with Crippen molar-refractivity contribution in [3.05, 3.63) is 69.5 Å². The average Bonchev–Trinajstić information content (AvgIpc) is 3.04. The highest BCUT2D eigenvalue weighted by Gasteiger charge is 2.16. The highest BCUT2D eigenvalue weighted by atomic mass is 32.2. The Morgan fingerprint density at radius 3 is 2.60 bits per heavy atom. The Morgan fingerprint density at radius 1 is 1.20 bits per heavy atom. The summed E-state index contributed by atoms with van der Waals surface area (Å²) >= 11 is 1.19. The number of para-hydroxylation sites is 2. The average molecular weight is 427 g/mol. The maximum atomic E-state index is 12.2. The van der Waals surface area contributed by atoms with Crippen LogP contribution in [0.2, 0.25) is 0 Å². The smallest absolute Gasteiger partial charge is 0.292 e. The Labute approximate surface area is 177 Å². The van der Waals surface area contributed by atoms with Crippen LogP contribution in [-0.4, -0.2) is 31.3 Å². The fourth-order valence-electron chi connectivity index (χ4n) is 2.82. The van der Waals surface area contributed by atoms with Crippen LogP contribution in [0.3, 0.4) is 0 Å². The number of anilines is 1. The summed E-state index contributed by atoms with van der Waals surface area (Å²) in [5, 5.41) is 22.4. The van der Waals surface area contributed by atoms with Crippen molar-refractivity contribution in [3.63, 3.8) is 0 Å². The van der Waals surface area contributed by atoms with Crippen molar-refractivity contribution in [1.82, 2.24) is 14.8 Å². The summed E-state index contributed by atoms with van der Waals surface area (Å²) in [6.07, 6.45) is 0. The lowest BCUT2D eigenvalue weighted by Gasteiger charge is -2.08. The molecule has 1 aromatic heterocycles. The summed E-state index contributed by atoms with van der Waals surface area (Å²) < 4.78 is 7.57. The van der Waals surface area contributed by atoms with E-state index in [2.05, 4.69) is 21.6 Å². The van der Waals surface area contributed by atoms with Crippen molar-refractivity contribution >= 4 is 29.0 Å². The number of nitrogens with zero attached hydrogens (tertiary/aromatic N) is 4. The molecule has 0 aliphatic heterocycles. The van der Waals surface area contributed by atoms with Crippen LogP contribution in [0, 0.1) is 24.0 Å². The number of nitro benzene ring substituents is 1. The molecule has 0 saturated carbocycles. The summed E-state index contributed by atoms with van der Waals surface area (Å²) in [6.45, 7) is 4.26. The molecule has 0 spiro atoms. The first-order valence-corrected chi connectivity index (χ1v) is 10.1. The molecule has 9 nitrogen and oxygen atoms in total. The van der Waals surface area contributed by atoms with Crippen molar-refractivity contribution in [3.8, 4) is 5.75 Å². The largest absolute Gasteiger partial charge is 0.486 e. The number of thioether (sulfide) groups is 1. The first kappa shape index (κ1) is 21.3. The number of aryl methyl sites for hydroxylation is 2.